The van der Waals surface area contributed by atoms with Crippen LogP contribution in [0.4, 0.5) is 0 Å². The molecule has 0 spiro atoms. The molecule has 4 atom stereocenters. The molecule has 0 saturated heterocycles. The van der Waals surface area contributed by atoms with Gasteiger partial charge in [-0.25, -0.2) is 0 Å². The SMILES string of the molecule is CC(C)(C)C(=O)[C@](O)(C(=O)Br)[C@@H](O)[C@H](O)[C@H](O)CO. The second-order valence-corrected chi connectivity index (χ2v) is 6.02. The van der Waals surface area contributed by atoms with Crippen LogP contribution < -0.4 is 0 Å². The lowest BCUT2D eigenvalue weighted by Gasteiger charge is -2.36. The zero-order valence-corrected chi connectivity index (χ0v) is 12.5. The van der Waals surface area contributed by atoms with Gasteiger partial charge in [-0.05, 0) is 15.9 Å². The largest absolute Gasteiger partial charge is 0.394 e. The van der Waals surface area contributed by atoms with E-state index in [4.69, 9.17) is 5.11 Å². The van der Waals surface area contributed by atoms with Gasteiger partial charge in [0.1, 0.15) is 18.3 Å². The van der Waals surface area contributed by atoms with Gasteiger partial charge in [-0.3, -0.25) is 9.59 Å². The minimum Gasteiger partial charge on any atom is -0.394 e. The van der Waals surface area contributed by atoms with Crippen LogP contribution in [-0.4, -0.2) is 66.5 Å². The summed E-state index contributed by atoms with van der Waals surface area (Å²) in [4.78, 5) is 23.5. The number of ketones is 1. The summed E-state index contributed by atoms with van der Waals surface area (Å²) in [5.74, 6) is -1.03. The third-order valence-corrected chi connectivity index (χ3v) is 3.26. The summed E-state index contributed by atoms with van der Waals surface area (Å²) in [6.45, 7) is 3.34. The lowest BCUT2D eigenvalue weighted by atomic mass is 9.76. The molecule has 0 aromatic rings. The molecule has 0 radical (unpaired) electrons. The van der Waals surface area contributed by atoms with Crippen molar-refractivity contribution in [3.8, 4) is 0 Å². The molecule has 0 aliphatic heterocycles. The van der Waals surface area contributed by atoms with Gasteiger partial charge in [-0.15, -0.1) is 0 Å². The third kappa shape index (κ3) is 3.80. The third-order valence-electron chi connectivity index (χ3n) is 2.66. The Hall–Kier alpha value is -0.380. The van der Waals surface area contributed by atoms with Gasteiger partial charge in [0.15, 0.2) is 5.78 Å². The first kappa shape index (κ1) is 18.6. The number of halogens is 1. The van der Waals surface area contributed by atoms with Gasteiger partial charge in [0, 0.05) is 5.41 Å². The number of aliphatic hydroxyl groups excluding tert-OH is 4. The van der Waals surface area contributed by atoms with E-state index in [0.717, 1.165) is 0 Å². The summed E-state index contributed by atoms with van der Waals surface area (Å²) in [5.41, 5.74) is -4.10. The predicted molar refractivity (Wildman–Crippen MR) is 68.5 cm³/mol. The highest BCUT2D eigenvalue weighted by Gasteiger charge is 2.55. The predicted octanol–water partition coefficient (Wildman–Crippen LogP) is -1.67. The number of carbonyl (C=O) groups is 2. The van der Waals surface area contributed by atoms with Crippen LogP contribution >= 0.6 is 15.9 Å². The van der Waals surface area contributed by atoms with Crippen LogP contribution in [0.25, 0.3) is 0 Å². The molecule has 0 amide bonds. The highest BCUT2D eigenvalue weighted by molar-refractivity contribution is 9.18. The van der Waals surface area contributed by atoms with E-state index in [1.807, 2.05) is 0 Å². The Kier molecular flexibility index (Phi) is 6.25. The van der Waals surface area contributed by atoms with Crippen LogP contribution in [0.1, 0.15) is 20.8 Å². The minimum atomic E-state index is -2.92. The molecule has 0 rings (SSSR count). The van der Waals surface area contributed by atoms with Crippen LogP contribution in [0.2, 0.25) is 0 Å². The molecule has 19 heavy (non-hydrogen) atoms. The van der Waals surface area contributed by atoms with Crippen LogP contribution in [0.5, 0.6) is 0 Å². The van der Waals surface area contributed by atoms with Gasteiger partial charge < -0.3 is 25.5 Å². The van der Waals surface area contributed by atoms with Crippen molar-refractivity contribution in [1.82, 2.24) is 0 Å². The Balaban J connectivity index is 5.55. The summed E-state index contributed by atoms with van der Waals surface area (Å²) in [6, 6.07) is 0. The Morgan fingerprint density at radius 3 is 1.84 bits per heavy atom. The molecule has 0 saturated carbocycles. The molecule has 0 aliphatic carbocycles. The summed E-state index contributed by atoms with van der Waals surface area (Å²) in [5, 5.41) is 47.4. The number of hydrogen-bond donors (Lipinski definition) is 5. The molecule has 112 valence electrons. The first-order chi connectivity index (χ1) is 8.40. The number of rotatable bonds is 6. The molecule has 0 heterocycles. The fourth-order valence-electron chi connectivity index (χ4n) is 1.48. The van der Waals surface area contributed by atoms with Gasteiger partial charge >= 0.3 is 0 Å². The van der Waals surface area contributed by atoms with E-state index in [1.165, 1.54) is 20.8 Å². The molecule has 5 N–H and O–H groups in total. The standard InChI is InChI=1S/C11H19BrO7/c1-10(2,3)8(17)11(19,9(12)18)7(16)6(15)5(14)4-13/h5-7,13-16,19H,4H2,1-3H3/t5-,6-,7+,11+/m1/s1. The highest BCUT2D eigenvalue weighted by atomic mass is 79.9. The number of aliphatic hydroxyl groups is 5. The van der Waals surface area contributed by atoms with E-state index in [1.54, 1.807) is 0 Å². The molecule has 0 unspecified atom stereocenters. The van der Waals surface area contributed by atoms with Crippen LogP contribution in [0, 0.1) is 5.41 Å². The van der Waals surface area contributed by atoms with Gasteiger partial charge in [-0.2, -0.15) is 0 Å². The van der Waals surface area contributed by atoms with Crippen molar-refractivity contribution >= 4 is 26.4 Å². The topological polar surface area (TPSA) is 135 Å². The van der Waals surface area contributed by atoms with Crippen molar-refractivity contribution in [2.75, 3.05) is 6.61 Å². The van der Waals surface area contributed by atoms with Crippen molar-refractivity contribution in [2.45, 2.75) is 44.7 Å². The van der Waals surface area contributed by atoms with Gasteiger partial charge in [0.05, 0.1) is 6.61 Å². The molecule has 0 aromatic carbocycles. The average Bonchev–Trinajstić information content (AvgIpc) is 2.32. The fraction of sp³-hybridized carbons (Fsp3) is 0.818. The van der Waals surface area contributed by atoms with E-state index in [0.29, 0.717) is 0 Å². The first-order valence-electron chi connectivity index (χ1n) is 5.53. The van der Waals surface area contributed by atoms with Crippen molar-refractivity contribution in [2.24, 2.45) is 5.41 Å². The van der Waals surface area contributed by atoms with Crippen LogP contribution in [0.15, 0.2) is 0 Å². The minimum absolute atomic E-state index is 0.908. The number of Topliss-reactive ketones (excluding diaryl/α,β-unsaturated/α-hetero) is 1. The van der Waals surface area contributed by atoms with Crippen LogP contribution in [0.3, 0.4) is 0 Å². The van der Waals surface area contributed by atoms with E-state index >= 15 is 0 Å². The first-order valence-corrected chi connectivity index (χ1v) is 6.32. The molecule has 8 heteroatoms. The fourth-order valence-corrected chi connectivity index (χ4v) is 1.89. The maximum absolute atomic E-state index is 12.1. The molecular formula is C11H19BrO7. The lowest BCUT2D eigenvalue weighted by Crippen LogP contribution is -2.63. The lowest BCUT2D eigenvalue weighted by molar-refractivity contribution is -0.181. The van der Waals surface area contributed by atoms with Gasteiger partial charge in [0.2, 0.25) is 10.3 Å². The maximum Gasteiger partial charge on any atom is 0.239 e. The number of hydrogen-bond acceptors (Lipinski definition) is 7. The number of carbonyl (C=O) groups excluding carboxylic acids is 2. The van der Waals surface area contributed by atoms with E-state index in [9.17, 15) is 30.0 Å². The molecule has 7 nitrogen and oxygen atoms in total. The van der Waals surface area contributed by atoms with Crippen molar-refractivity contribution in [3.05, 3.63) is 0 Å². The summed E-state index contributed by atoms with van der Waals surface area (Å²) in [7, 11) is 0. The average molecular weight is 343 g/mol. The molecule has 0 fully saturated rings. The zero-order chi connectivity index (χ0) is 15.6. The normalized spacial score (nSPS) is 20.3. The van der Waals surface area contributed by atoms with Crippen molar-refractivity contribution < 1.29 is 35.1 Å². The molecule has 0 bridgehead atoms. The van der Waals surface area contributed by atoms with Gasteiger partial charge in [-0.1, -0.05) is 20.8 Å². The zero-order valence-electron chi connectivity index (χ0n) is 10.9. The second kappa shape index (κ2) is 6.38. The molecule has 0 aliphatic rings. The van der Waals surface area contributed by atoms with E-state index in [-0.39, 0.29) is 0 Å². The maximum atomic E-state index is 12.1. The quantitative estimate of drug-likeness (QED) is 0.287. The summed E-state index contributed by atoms with van der Waals surface area (Å²) >= 11 is 2.41. The molecule has 0 aromatic heterocycles. The van der Waals surface area contributed by atoms with E-state index in [2.05, 4.69) is 15.9 Å². The Labute approximate surface area is 119 Å². The second-order valence-electron chi connectivity index (χ2n) is 5.30. The summed E-state index contributed by atoms with van der Waals surface area (Å²) in [6.07, 6.45) is -6.16. The van der Waals surface area contributed by atoms with Crippen molar-refractivity contribution in [3.63, 3.8) is 0 Å². The smallest absolute Gasteiger partial charge is 0.239 e. The molecular weight excluding hydrogens is 324 g/mol. The van der Waals surface area contributed by atoms with E-state index < -0.39 is 46.4 Å². The van der Waals surface area contributed by atoms with Gasteiger partial charge in [0.25, 0.3) is 0 Å². The monoisotopic (exact) mass is 342 g/mol. The Morgan fingerprint density at radius 1 is 1.16 bits per heavy atom. The highest BCUT2D eigenvalue weighted by Crippen LogP contribution is 2.30. The van der Waals surface area contributed by atoms with Crippen molar-refractivity contribution in [1.29, 1.82) is 0 Å². The van der Waals surface area contributed by atoms with Crippen LogP contribution in [-0.2, 0) is 9.59 Å². The summed E-state index contributed by atoms with van der Waals surface area (Å²) < 4.78 is -1.24. The Bertz CT molecular complexity index is 351. The Morgan fingerprint density at radius 2 is 1.58 bits per heavy atom.